The Bertz CT molecular complexity index is 474. The molecular weight excluding hydrogens is 249 g/mol. The van der Waals surface area contributed by atoms with Crippen molar-refractivity contribution in [1.82, 2.24) is 9.97 Å². The highest BCUT2D eigenvalue weighted by molar-refractivity contribution is 5.73. The molecule has 1 aromatic heterocycles. The van der Waals surface area contributed by atoms with Gasteiger partial charge in [-0.15, -0.1) is 0 Å². The maximum absolute atomic E-state index is 12.4. The molecule has 0 aliphatic heterocycles. The van der Waals surface area contributed by atoms with Crippen LogP contribution in [-0.4, -0.2) is 23.0 Å². The van der Waals surface area contributed by atoms with Crippen LogP contribution in [-0.2, 0) is 28.5 Å². The monoisotopic (exact) mass is 260 g/mol. The van der Waals surface area contributed by atoms with E-state index in [1.807, 2.05) is 0 Å². The number of rotatable bonds is 1. The maximum Gasteiger partial charge on any atom is 0.451 e. The molecule has 4 nitrogen and oxygen atoms in total. The molecule has 0 radical (unpaired) electrons. The summed E-state index contributed by atoms with van der Waals surface area (Å²) >= 11 is 0. The second-order valence-electron chi connectivity index (χ2n) is 4.13. The molecule has 1 heterocycles. The van der Waals surface area contributed by atoms with Gasteiger partial charge in [0.15, 0.2) is 0 Å². The molecule has 18 heavy (non-hydrogen) atoms. The zero-order chi connectivity index (χ0) is 13.3. The number of methoxy groups -OCH3 is 1. The number of ether oxygens (including phenoxy) is 1. The molecule has 7 heteroatoms. The van der Waals surface area contributed by atoms with Gasteiger partial charge < -0.3 is 4.74 Å². The van der Waals surface area contributed by atoms with Gasteiger partial charge in [0.2, 0.25) is 5.82 Å². The van der Waals surface area contributed by atoms with Gasteiger partial charge in [-0.25, -0.2) is 9.97 Å². The fourth-order valence-corrected chi connectivity index (χ4v) is 2.01. The van der Waals surface area contributed by atoms with Crippen molar-refractivity contribution in [1.29, 1.82) is 0 Å². The molecule has 0 aromatic carbocycles. The standard InChI is InChI=1S/C11H11F3N2O2/c1-18-9(17)6-2-3-8-7(4-6)5-15-10(16-8)11(12,13)14/h5-6H,2-4H2,1H3/t6-/m0/s1. The summed E-state index contributed by atoms with van der Waals surface area (Å²) in [4.78, 5) is 18.2. The van der Waals surface area contributed by atoms with Gasteiger partial charge in [0.25, 0.3) is 0 Å². The van der Waals surface area contributed by atoms with E-state index in [1.165, 1.54) is 7.11 Å². The summed E-state index contributed by atoms with van der Waals surface area (Å²) in [6.45, 7) is 0. The van der Waals surface area contributed by atoms with Gasteiger partial charge in [-0.1, -0.05) is 0 Å². The molecule has 0 saturated carbocycles. The largest absolute Gasteiger partial charge is 0.469 e. The number of carbonyl (C=O) groups excluding carboxylic acids is 1. The van der Waals surface area contributed by atoms with Gasteiger partial charge >= 0.3 is 12.1 Å². The smallest absolute Gasteiger partial charge is 0.451 e. The van der Waals surface area contributed by atoms with Crippen molar-refractivity contribution in [3.05, 3.63) is 23.3 Å². The zero-order valence-electron chi connectivity index (χ0n) is 9.62. The number of aryl methyl sites for hydroxylation is 1. The molecule has 98 valence electrons. The van der Waals surface area contributed by atoms with Gasteiger partial charge in [0, 0.05) is 11.9 Å². The minimum Gasteiger partial charge on any atom is -0.469 e. The minimum absolute atomic E-state index is 0.317. The van der Waals surface area contributed by atoms with Crippen molar-refractivity contribution in [2.75, 3.05) is 7.11 Å². The van der Waals surface area contributed by atoms with E-state index in [1.54, 1.807) is 0 Å². The number of carbonyl (C=O) groups is 1. The van der Waals surface area contributed by atoms with Crippen LogP contribution < -0.4 is 0 Å². The molecular formula is C11H11F3N2O2. The lowest BCUT2D eigenvalue weighted by Crippen LogP contribution is -2.25. The number of alkyl halides is 3. The van der Waals surface area contributed by atoms with Crippen molar-refractivity contribution in [3.63, 3.8) is 0 Å². The van der Waals surface area contributed by atoms with Gasteiger partial charge in [0.05, 0.1) is 13.0 Å². The molecule has 0 unspecified atom stereocenters. The Morgan fingerprint density at radius 3 is 2.83 bits per heavy atom. The Hall–Kier alpha value is -1.66. The van der Waals surface area contributed by atoms with Crippen molar-refractivity contribution in [2.24, 2.45) is 5.92 Å². The molecule has 2 rings (SSSR count). The summed E-state index contributed by atoms with van der Waals surface area (Å²) in [5.74, 6) is -1.79. The average Bonchev–Trinajstić information content (AvgIpc) is 2.35. The first-order valence-electron chi connectivity index (χ1n) is 5.41. The van der Waals surface area contributed by atoms with Crippen LogP contribution in [0, 0.1) is 5.92 Å². The summed E-state index contributed by atoms with van der Waals surface area (Å²) in [6.07, 6.45) is -2.26. The van der Waals surface area contributed by atoms with Gasteiger partial charge in [0.1, 0.15) is 0 Å². The number of hydrogen-bond acceptors (Lipinski definition) is 4. The van der Waals surface area contributed by atoms with Crippen LogP contribution in [0.2, 0.25) is 0 Å². The highest BCUT2D eigenvalue weighted by Gasteiger charge is 2.36. The number of aromatic nitrogens is 2. The number of fused-ring (bicyclic) bond motifs is 1. The lowest BCUT2D eigenvalue weighted by atomic mass is 9.87. The van der Waals surface area contributed by atoms with Crippen LogP contribution in [0.4, 0.5) is 13.2 Å². The summed E-state index contributed by atoms with van der Waals surface area (Å²) in [5, 5.41) is 0. The number of halogens is 3. The normalized spacial score (nSPS) is 19.2. The van der Waals surface area contributed by atoms with Gasteiger partial charge in [-0.2, -0.15) is 13.2 Å². The highest BCUT2D eigenvalue weighted by Crippen LogP contribution is 2.29. The molecule has 0 bridgehead atoms. The number of hydrogen-bond donors (Lipinski definition) is 0. The predicted octanol–water partition coefficient (Wildman–Crippen LogP) is 1.77. The Morgan fingerprint density at radius 2 is 2.22 bits per heavy atom. The van der Waals surface area contributed by atoms with Gasteiger partial charge in [-0.05, 0) is 24.8 Å². The van der Waals surface area contributed by atoms with Gasteiger partial charge in [-0.3, -0.25) is 4.79 Å². The van der Waals surface area contributed by atoms with Crippen LogP contribution in [0.5, 0.6) is 0 Å². The molecule has 1 aromatic rings. The molecule has 1 aliphatic carbocycles. The lowest BCUT2D eigenvalue weighted by Gasteiger charge is -2.22. The van der Waals surface area contributed by atoms with E-state index in [-0.39, 0.29) is 11.9 Å². The molecule has 1 atom stereocenters. The Morgan fingerprint density at radius 1 is 1.50 bits per heavy atom. The fraction of sp³-hybridized carbons (Fsp3) is 0.545. The second-order valence-corrected chi connectivity index (χ2v) is 4.13. The fourth-order valence-electron chi connectivity index (χ4n) is 2.01. The van der Waals surface area contributed by atoms with E-state index in [0.29, 0.717) is 30.5 Å². The van der Waals surface area contributed by atoms with E-state index >= 15 is 0 Å². The third-order valence-corrected chi connectivity index (χ3v) is 2.94. The van der Waals surface area contributed by atoms with Crippen LogP contribution in [0.25, 0.3) is 0 Å². The molecule has 0 spiro atoms. The van der Waals surface area contributed by atoms with Crippen LogP contribution in [0.1, 0.15) is 23.5 Å². The van der Waals surface area contributed by atoms with E-state index in [0.717, 1.165) is 6.20 Å². The summed E-state index contributed by atoms with van der Waals surface area (Å²) in [6, 6.07) is 0. The number of nitrogens with zero attached hydrogens (tertiary/aromatic N) is 2. The van der Waals surface area contributed by atoms with Crippen LogP contribution >= 0.6 is 0 Å². The number of esters is 1. The SMILES string of the molecule is COC(=O)[C@H]1CCc2nc(C(F)(F)F)ncc2C1. The van der Waals surface area contributed by atoms with Crippen LogP contribution in [0.15, 0.2) is 6.20 Å². The summed E-state index contributed by atoms with van der Waals surface area (Å²) < 4.78 is 41.9. The quantitative estimate of drug-likeness (QED) is 0.722. The molecule has 0 saturated heterocycles. The van der Waals surface area contributed by atoms with E-state index < -0.39 is 12.0 Å². The second kappa shape index (κ2) is 4.55. The van der Waals surface area contributed by atoms with Crippen molar-refractivity contribution >= 4 is 5.97 Å². The Balaban J connectivity index is 2.24. The summed E-state index contributed by atoms with van der Waals surface area (Å²) in [5.41, 5.74) is 0.960. The van der Waals surface area contributed by atoms with Crippen molar-refractivity contribution in [3.8, 4) is 0 Å². The Kier molecular flexibility index (Phi) is 3.23. The Labute approximate surface area is 101 Å². The molecule has 0 amide bonds. The average molecular weight is 260 g/mol. The first kappa shape index (κ1) is 12.8. The maximum atomic E-state index is 12.4. The molecule has 0 N–H and O–H groups in total. The topological polar surface area (TPSA) is 52.1 Å². The predicted molar refractivity (Wildman–Crippen MR) is 54.6 cm³/mol. The molecule has 0 fully saturated rings. The van der Waals surface area contributed by atoms with Crippen molar-refractivity contribution in [2.45, 2.75) is 25.4 Å². The van der Waals surface area contributed by atoms with Crippen LogP contribution in [0.3, 0.4) is 0 Å². The first-order chi connectivity index (χ1) is 8.41. The third-order valence-electron chi connectivity index (χ3n) is 2.94. The zero-order valence-corrected chi connectivity index (χ0v) is 9.62. The highest BCUT2D eigenvalue weighted by atomic mass is 19.4. The van der Waals surface area contributed by atoms with E-state index in [2.05, 4.69) is 14.7 Å². The molecule has 1 aliphatic rings. The van der Waals surface area contributed by atoms with E-state index in [4.69, 9.17) is 0 Å². The third kappa shape index (κ3) is 2.44. The van der Waals surface area contributed by atoms with E-state index in [9.17, 15) is 18.0 Å². The lowest BCUT2D eigenvalue weighted by molar-refractivity contribution is -0.147. The first-order valence-corrected chi connectivity index (χ1v) is 5.41. The summed E-state index contributed by atoms with van der Waals surface area (Å²) in [7, 11) is 1.29. The minimum atomic E-state index is -4.53. The van der Waals surface area contributed by atoms with Crippen molar-refractivity contribution < 1.29 is 22.7 Å².